The van der Waals surface area contributed by atoms with Crippen molar-refractivity contribution in [1.29, 1.82) is 0 Å². The van der Waals surface area contributed by atoms with Crippen molar-refractivity contribution in [2.24, 2.45) is 0 Å². The zero-order valence-electron chi connectivity index (χ0n) is 21.4. The standard InChI is InChI=1S/C26H33NO9.CH4O/c1-27-25(33)15-7-5-14(6-8-15)16-3-2-4-17(9-16)24-23(32)21(11-19(13-29)34-24)36-26-22(31)20(30)10-18(12-28)35-26;1-2/h2-9,18-24,26,28-32H,10-13H2,1H3,(H,27,33);2H,1H3/t18?,19?,20?,21?,22?,23?,24-,26-;/m1./s1. The Morgan fingerprint density at radius 1 is 0.921 bits per heavy atom. The number of benzene rings is 2. The number of aliphatic hydroxyl groups excluding tert-OH is 6. The number of hydrogen-bond donors (Lipinski definition) is 7. The van der Waals surface area contributed by atoms with Gasteiger partial charge in [0.05, 0.1) is 37.6 Å². The Balaban J connectivity index is 0.00000195. The summed E-state index contributed by atoms with van der Waals surface area (Å²) >= 11 is 0. The molecule has 7 N–H and O–H groups in total. The second-order valence-corrected chi connectivity index (χ2v) is 9.15. The van der Waals surface area contributed by atoms with Crippen LogP contribution in [0.1, 0.15) is 34.9 Å². The summed E-state index contributed by atoms with van der Waals surface area (Å²) in [5.74, 6) is -0.181. The number of hydrogen-bond acceptors (Lipinski definition) is 10. The van der Waals surface area contributed by atoms with Crippen LogP contribution in [-0.2, 0) is 14.2 Å². The van der Waals surface area contributed by atoms with Gasteiger partial charge in [-0.05, 0) is 34.9 Å². The molecule has 2 aliphatic rings. The van der Waals surface area contributed by atoms with Gasteiger partial charge in [-0.15, -0.1) is 0 Å². The fourth-order valence-corrected chi connectivity index (χ4v) is 4.64. The fraction of sp³-hybridized carbons (Fsp3) is 0.519. The van der Waals surface area contributed by atoms with Crippen molar-refractivity contribution in [3.05, 3.63) is 59.7 Å². The van der Waals surface area contributed by atoms with Crippen molar-refractivity contribution >= 4 is 5.91 Å². The summed E-state index contributed by atoms with van der Waals surface area (Å²) in [4.78, 5) is 11.8. The van der Waals surface area contributed by atoms with Crippen LogP contribution in [-0.4, -0.2) is 107 Å². The smallest absolute Gasteiger partial charge is 0.251 e. The third kappa shape index (κ3) is 6.94. The summed E-state index contributed by atoms with van der Waals surface area (Å²) in [7, 11) is 2.57. The second-order valence-electron chi connectivity index (χ2n) is 9.15. The van der Waals surface area contributed by atoms with E-state index < -0.39 is 49.0 Å². The molecule has 11 heteroatoms. The number of amides is 1. The predicted octanol–water partition coefficient (Wildman–Crippen LogP) is -0.281. The van der Waals surface area contributed by atoms with Gasteiger partial charge in [-0.3, -0.25) is 4.79 Å². The van der Waals surface area contributed by atoms with Crippen molar-refractivity contribution < 1.29 is 49.6 Å². The van der Waals surface area contributed by atoms with E-state index >= 15 is 0 Å². The van der Waals surface area contributed by atoms with Crippen LogP contribution in [0.25, 0.3) is 11.1 Å². The number of carbonyl (C=O) groups excluding carboxylic acids is 1. The first kappa shape index (κ1) is 30.1. The molecule has 38 heavy (non-hydrogen) atoms. The Morgan fingerprint density at radius 2 is 1.58 bits per heavy atom. The highest BCUT2D eigenvalue weighted by atomic mass is 16.7. The van der Waals surface area contributed by atoms with Crippen LogP contribution in [0.3, 0.4) is 0 Å². The molecule has 0 saturated carbocycles. The molecule has 6 unspecified atom stereocenters. The second kappa shape index (κ2) is 14.1. The largest absolute Gasteiger partial charge is 0.400 e. The van der Waals surface area contributed by atoms with Crippen LogP contribution in [0.5, 0.6) is 0 Å². The van der Waals surface area contributed by atoms with Crippen LogP contribution >= 0.6 is 0 Å². The minimum absolute atomic E-state index is 0.0621. The highest BCUT2D eigenvalue weighted by Gasteiger charge is 2.44. The lowest BCUT2D eigenvalue weighted by molar-refractivity contribution is -0.309. The average molecular weight is 536 g/mol. The molecule has 0 radical (unpaired) electrons. The van der Waals surface area contributed by atoms with Gasteiger partial charge in [-0.1, -0.05) is 30.3 Å². The number of ether oxygens (including phenoxy) is 3. The molecule has 11 nitrogen and oxygen atoms in total. The predicted molar refractivity (Wildman–Crippen MR) is 136 cm³/mol. The molecule has 2 aromatic carbocycles. The summed E-state index contributed by atoms with van der Waals surface area (Å²) < 4.78 is 17.4. The maximum atomic E-state index is 11.8. The zero-order chi connectivity index (χ0) is 27.8. The minimum Gasteiger partial charge on any atom is -0.400 e. The first-order valence-corrected chi connectivity index (χ1v) is 12.4. The molecule has 2 aliphatic heterocycles. The fourth-order valence-electron chi connectivity index (χ4n) is 4.64. The lowest BCUT2D eigenvalue weighted by Gasteiger charge is -2.43. The first-order chi connectivity index (χ1) is 18.3. The summed E-state index contributed by atoms with van der Waals surface area (Å²) in [5.41, 5.74) is 2.90. The van der Waals surface area contributed by atoms with Gasteiger partial charge in [0.25, 0.3) is 5.91 Å². The Morgan fingerprint density at radius 3 is 2.21 bits per heavy atom. The molecule has 0 spiro atoms. The molecule has 2 fully saturated rings. The molecule has 210 valence electrons. The monoisotopic (exact) mass is 535 g/mol. The lowest BCUT2D eigenvalue weighted by atomic mass is 9.91. The highest BCUT2D eigenvalue weighted by Crippen LogP contribution is 2.36. The Bertz CT molecular complexity index is 1020. The van der Waals surface area contributed by atoms with E-state index in [0.29, 0.717) is 11.1 Å². The van der Waals surface area contributed by atoms with Gasteiger partial charge in [0.2, 0.25) is 0 Å². The topological polar surface area (TPSA) is 178 Å². The lowest BCUT2D eigenvalue weighted by Crippen LogP contribution is -2.54. The molecule has 0 aliphatic carbocycles. The van der Waals surface area contributed by atoms with Gasteiger partial charge in [0.15, 0.2) is 6.29 Å². The molecule has 2 aromatic rings. The van der Waals surface area contributed by atoms with Crippen molar-refractivity contribution in [1.82, 2.24) is 5.32 Å². The van der Waals surface area contributed by atoms with E-state index in [1.165, 1.54) is 0 Å². The Kier molecular flexibility index (Phi) is 11.2. The number of nitrogens with one attached hydrogen (secondary N) is 1. The maximum absolute atomic E-state index is 11.8. The van der Waals surface area contributed by atoms with Gasteiger partial charge in [-0.2, -0.15) is 0 Å². The van der Waals surface area contributed by atoms with Gasteiger partial charge in [0, 0.05) is 32.6 Å². The van der Waals surface area contributed by atoms with E-state index in [0.717, 1.165) is 18.2 Å². The van der Waals surface area contributed by atoms with Crippen LogP contribution in [0.15, 0.2) is 48.5 Å². The number of aliphatic hydroxyl groups is 6. The van der Waals surface area contributed by atoms with Crippen molar-refractivity contribution in [3.63, 3.8) is 0 Å². The third-order valence-corrected chi connectivity index (χ3v) is 6.67. The molecule has 2 heterocycles. The Hall–Kier alpha value is -2.45. The number of rotatable bonds is 7. The molecule has 0 aromatic heterocycles. The Labute approximate surface area is 221 Å². The quantitative estimate of drug-likeness (QED) is 0.249. The summed E-state index contributed by atoms with van der Waals surface area (Å²) in [5, 5.41) is 60.4. The molecule has 4 rings (SSSR count). The van der Waals surface area contributed by atoms with E-state index in [2.05, 4.69) is 5.32 Å². The van der Waals surface area contributed by atoms with Crippen molar-refractivity contribution in [3.8, 4) is 11.1 Å². The normalized spacial score (nSPS) is 31.2. The molecular formula is C27H37NO10. The van der Waals surface area contributed by atoms with Crippen LogP contribution < -0.4 is 5.32 Å². The van der Waals surface area contributed by atoms with Crippen LogP contribution in [0.2, 0.25) is 0 Å². The van der Waals surface area contributed by atoms with E-state index in [1.54, 1.807) is 25.2 Å². The van der Waals surface area contributed by atoms with Crippen LogP contribution in [0.4, 0.5) is 0 Å². The average Bonchev–Trinajstić information content (AvgIpc) is 2.97. The van der Waals surface area contributed by atoms with Gasteiger partial charge >= 0.3 is 0 Å². The molecule has 1 amide bonds. The SMILES string of the molecule is CNC(=O)c1ccc(-c2cccc([C@H]3OC(CO)CC(O[C@H]4OC(CO)CC(O)C4O)C3O)c2)cc1.CO. The van der Waals surface area contributed by atoms with Crippen molar-refractivity contribution in [2.45, 2.75) is 61.9 Å². The van der Waals surface area contributed by atoms with E-state index in [4.69, 9.17) is 19.3 Å². The summed E-state index contributed by atoms with van der Waals surface area (Å²) in [6.07, 6.45) is -7.78. The molecule has 8 atom stereocenters. The zero-order valence-corrected chi connectivity index (χ0v) is 21.4. The molecule has 0 bridgehead atoms. The molecular weight excluding hydrogens is 498 g/mol. The third-order valence-electron chi connectivity index (χ3n) is 6.67. The summed E-state index contributed by atoms with van der Waals surface area (Å²) in [6.45, 7) is -0.654. The highest BCUT2D eigenvalue weighted by molar-refractivity contribution is 5.94. The number of carbonyl (C=O) groups is 1. The van der Waals surface area contributed by atoms with Crippen molar-refractivity contribution in [2.75, 3.05) is 27.4 Å². The van der Waals surface area contributed by atoms with Gasteiger partial charge in [-0.25, -0.2) is 0 Å². The van der Waals surface area contributed by atoms with Gasteiger partial charge in [0.1, 0.15) is 18.3 Å². The molecule has 2 saturated heterocycles. The van der Waals surface area contributed by atoms with E-state index in [-0.39, 0.29) is 32.0 Å². The summed E-state index contributed by atoms with van der Waals surface area (Å²) in [6, 6.07) is 14.5. The maximum Gasteiger partial charge on any atom is 0.251 e. The minimum atomic E-state index is -1.35. The van der Waals surface area contributed by atoms with Gasteiger partial charge < -0.3 is 50.2 Å². The first-order valence-electron chi connectivity index (χ1n) is 12.4. The van der Waals surface area contributed by atoms with Crippen LogP contribution in [0, 0.1) is 0 Å². The van der Waals surface area contributed by atoms with E-state index in [1.807, 2.05) is 30.3 Å². The van der Waals surface area contributed by atoms with E-state index in [9.17, 15) is 30.3 Å².